The predicted molar refractivity (Wildman–Crippen MR) is 66.8 cm³/mol. The molecule has 1 aliphatic heterocycles. The molecular formula is C11H15N3S. The van der Waals surface area contributed by atoms with E-state index in [0.717, 1.165) is 30.7 Å². The summed E-state index contributed by atoms with van der Waals surface area (Å²) in [6, 6.07) is 10.2. The summed E-state index contributed by atoms with van der Waals surface area (Å²) in [6.07, 6.45) is 0. The maximum absolute atomic E-state index is 5.30. The first-order chi connectivity index (χ1) is 7.31. The first kappa shape index (κ1) is 10.4. The summed E-state index contributed by atoms with van der Waals surface area (Å²) in [7, 11) is 0. The number of thiocarbonyl (C=S) groups is 1. The molecule has 1 heterocycles. The Morgan fingerprint density at radius 1 is 1.33 bits per heavy atom. The Labute approximate surface area is 95.7 Å². The molecule has 0 saturated carbocycles. The molecule has 0 bridgehead atoms. The quantitative estimate of drug-likeness (QED) is 0.765. The zero-order valence-corrected chi connectivity index (χ0v) is 9.63. The van der Waals surface area contributed by atoms with Crippen molar-refractivity contribution in [2.24, 2.45) is 0 Å². The Balaban J connectivity index is 2.16. The Hall–Kier alpha value is -1.13. The molecule has 0 aromatic heterocycles. The van der Waals surface area contributed by atoms with Gasteiger partial charge in [0.2, 0.25) is 0 Å². The number of rotatable bonds is 2. The molecule has 80 valence electrons. The van der Waals surface area contributed by atoms with Crippen molar-refractivity contribution in [1.29, 1.82) is 0 Å². The van der Waals surface area contributed by atoms with Crippen LogP contribution in [0.5, 0.6) is 0 Å². The molecule has 0 aliphatic carbocycles. The van der Waals surface area contributed by atoms with Gasteiger partial charge in [-0.25, -0.2) is 0 Å². The summed E-state index contributed by atoms with van der Waals surface area (Å²) >= 11 is 5.30. The molecule has 0 unspecified atom stereocenters. The average molecular weight is 221 g/mol. The van der Waals surface area contributed by atoms with E-state index in [1.54, 1.807) is 0 Å². The van der Waals surface area contributed by atoms with Crippen LogP contribution >= 0.6 is 12.2 Å². The predicted octanol–water partition coefficient (Wildman–Crippen LogP) is 1.62. The summed E-state index contributed by atoms with van der Waals surface area (Å²) in [4.78, 5) is 4.41. The van der Waals surface area contributed by atoms with Gasteiger partial charge in [0.05, 0.1) is 13.3 Å². The third kappa shape index (κ3) is 2.27. The van der Waals surface area contributed by atoms with Gasteiger partial charge in [0.15, 0.2) is 5.11 Å². The number of hydrogen-bond acceptors (Lipinski definition) is 2. The lowest BCUT2D eigenvalue weighted by atomic mass is 10.3. The van der Waals surface area contributed by atoms with Crippen LogP contribution in [0.2, 0.25) is 0 Å². The minimum Gasteiger partial charge on any atom is -0.349 e. The van der Waals surface area contributed by atoms with E-state index in [0.29, 0.717) is 0 Å². The van der Waals surface area contributed by atoms with Gasteiger partial charge in [0.25, 0.3) is 0 Å². The molecule has 0 atom stereocenters. The van der Waals surface area contributed by atoms with Crippen molar-refractivity contribution in [1.82, 2.24) is 10.2 Å². The Morgan fingerprint density at radius 3 is 2.73 bits per heavy atom. The van der Waals surface area contributed by atoms with Crippen LogP contribution in [0, 0.1) is 0 Å². The van der Waals surface area contributed by atoms with E-state index in [4.69, 9.17) is 12.2 Å². The molecule has 1 N–H and O–H groups in total. The lowest BCUT2D eigenvalue weighted by Crippen LogP contribution is -2.56. The third-order valence-electron chi connectivity index (χ3n) is 2.56. The number of hydrogen-bond donors (Lipinski definition) is 1. The molecular weight excluding hydrogens is 206 g/mol. The Bertz CT molecular complexity index is 339. The van der Waals surface area contributed by atoms with E-state index in [2.05, 4.69) is 34.2 Å². The highest BCUT2D eigenvalue weighted by molar-refractivity contribution is 7.80. The van der Waals surface area contributed by atoms with Gasteiger partial charge in [-0.05, 0) is 30.9 Å². The van der Waals surface area contributed by atoms with Gasteiger partial charge in [-0.2, -0.15) is 0 Å². The zero-order valence-electron chi connectivity index (χ0n) is 8.81. The van der Waals surface area contributed by atoms with Crippen LogP contribution in [0.4, 0.5) is 5.69 Å². The van der Waals surface area contributed by atoms with Gasteiger partial charge >= 0.3 is 0 Å². The molecule has 1 aromatic rings. The van der Waals surface area contributed by atoms with Gasteiger partial charge in [0, 0.05) is 5.69 Å². The lowest BCUT2D eigenvalue weighted by Gasteiger charge is -2.37. The Kier molecular flexibility index (Phi) is 3.18. The highest BCUT2D eigenvalue weighted by Crippen LogP contribution is 2.15. The second-order valence-electron chi connectivity index (χ2n) is 3.53. The number of para-hydroxylation sites is 1. The summed E-state index contributed by atoms with van der Waals surface area (Å²) in [5, 5.41) is 4.03. The van der Waals surface area contributed by atoms with Crippen LogP contribution in [0.15, 0.2) is 30.3 Å². The van der Waals surface area contributed by atoms with Crippen LogP contribution in [0.25, 0.3) is 0 Å². The van der Waals surface area contributed by atoms with Crippen molar-refractivity contribution in [2.75, 3.05) is 24.8 Å². The molecule has 1 fully saturated rings. The van der Waals surface area contributed by atoms with Crippen molar-refractivity contribution < 1.29 is 0 Å². The molecule has 0 spiro atoms. The maximum Gasteiger partial charge on any atom is 0.175 e. The number of nitrogens with zero attached hydrogens (tertiary/aromatic N) is 2. The topological polar surface area (TPSA) is 18.5 Å². The van der Waals surface area contributed by atoms with E-state index in [-0.39, 0.29) is 0 Å². The van der Waals surface area contributed by atoms with Gasteiger partial charge in [-0.1, -0.05) is 25.1 Å². The fourth-order valence-corrected chi connectivity index (χ4v) is 1.84. The summed E-state index contributed by atoms with van der Waals surface area (Å²) in [6.45, 7) is 4.89. The lowest BCUT2D eigenvalue weighted by molar-refractivity contribution is 0.275. The van der Waals surface area contributed by atoms with Crippen LogP contribution in [0.1, 0.15) is 6.92 Å². The maximum atomic E-state index is 5.30. The Morgan fingerprint density at radius 2 is 2.07 bits per heavy atom. The fraction of sp³-hybridized carbons (Fsp3) is 0.364. The highest BCUT2D eigenvalue weighted by Gasteiger charge is 2.19. The van der Waals surface area contributed by atoms with E-state index < -0.39 is 0 Å². The first-order valence-corrected chi connectivity index (χ1v) is 5.55. The standard InChI is InChI=1S/C11H15N3S/c1-2-13-8-12-11(15)14(9-13)10-6-4-3-5-7-10/h3-7H,2,8-9H2,1H3,(H,12,15). The zero-order chi connectivity index (χ0) is 10.7. The van der Waals surface area contributed by atoms with Gasteiger partial charge < -0.3 is 10.2 Å². The van der Waals surface area contributed by atoms with Gasteiger partial charge in [-0.15, -0.1) is 0 Å². The molecule has 4 heteroatoms. The normalized spacial score (nSPS) is 17.7. The first-order valence-electron chi connectivity index (χ1n) is 5.14. The SMILES string of the molecule is CCN1CNC(=S)N(c2ccccc2)C1. The number of anilines is 1. The van der Waals surface area contributed by atoms with E-state index in [1.165, 1.54) is 0 Å². The van der Waals surface area contributed by atoms with Crippen molar-refractivity contribution >= 4 is 23.0 Å². The smallest absolute Gasteiger partial charge is 0.175 e. The van der Waals surface area contributed by atoms with Crippen LogP contribution < -0.4 is 10.2 Å². The van der Waals surface area contributed by atoms with Crippen molar-refractivity contribution in [3.63, 3.8) is 0 Å². The van der Waals surface area contributed by atoms with E-state index in [9.17, 15) is 0 Å². The van der Waals surface area contributed by atoms with Crippen LogP contribution in [0.3, 0.4) is 0 Å². The second-order valence-corrected chi connectivity index (χ2v) is 3.92. The monoisotopic (exact) mass is 221 g/mol. The largest absolute Gasteiger partial charge is 0.349 e. The number of nitrogens with one attached hydrogen (secondary N) is 1. The van der Waals surface area contributed by atoms with Crippen LogP contribution in [-0.4, -0.2) is 29.9 Å². The molecule has 1 saturated heterocycles. The van der Waals surface area contributed by atoms with E-state index in [1.807, 2.05) is 18.2 Å². The van der Waals surface area contributed by atoms with E-state index >= 15 is 0 Å². The summed E-state index contributed by atoms with van der Waals surface area (Å²) < 4.78 is 0. The molecule has 2 rings (SSSR count). The summed E-state index contributed by atoms with van der Waals surface area (Å²) in [5.41, 5.74) is 1.15. The molecule has 0 radical (unpaired) electrons. The van der Waals surface area contributed by atoms with Crippen LogP contribution in [-0.2, 0) is 0 Å². The highest BCUT2D eigenvalue weighted by atomic mass is 32.1. The van der Waals surface area contributed by atoms with Crippen molar-refractivity contribution in [3.8, 4) is 0 Å². The number of benzene rings is 1. The second kappa shape index (κ2) is 4.59. The minimum atomic E-state index is 0.811. The third-order valence-corrected chi connectivity index (χ3v) is 2.92. The van der Waals surface area contributed by atoms with Crippen molar-refractivity contribution in [3.05, 3.63) is 30.3 Å². The molecule has 0 amide bonds. The average Bonchev–Trinajstić information content (AvgIpc) is 2.31. The molecule has 15 heavy (non-hydrogen) atoms. The van der Waals surface area contributed by atoms with Crippen molar-refractivity contribution in [2.45, 2.75) is 6.92 Å². The minimum absolute atomic E-state index is 0.811. The molecule has 1 aromatic carbocycles. The van der Waals surface area contributed by atoms with Gasteiger partial charge in [0.1, 0.15) is 0 Å². The fourth-order valence-electron chi connectivity index (χ4n) is 1.61. The molecule has 1 aliphatic rings. The summed E-state index contributed by atoms with van der Waals surface area (Å²) in [5.74, 6) is 0. The van der Waals surface area contributed by atoms with Gasteiger partial charge in [-0.3, -0.25) is 4.90 Å². The molecule has 3 nitrogen and oxygen atoms in total.